The van der Waals surface area contributed by atoms with Gasteiger partial charge >= 0.3 is 11.9 Å². The molecule has 0 N–H and O–H groups in total. The van der Waals surface area contributed by atoms with Crippen molar-refractivity contribution >= 4 is 11.9 Å². The van der Waals surface area contributed by atoms with E-state index in [1.165, 1.54) is 37.8 Å². The summed E-state index contributed by atoms with van der Waals surface area (Å²) >= 11 is 0. The molecule has 4 heteroatoms. The molecule has 0 spiro atoms. The van der Waals surface area contributed by atoms with E-state index in [1.807, 2.05) is 48.5 Å². The zero-order chi connectivity index (χ0) is 17.9. The van der Waals surface area contributed by atoms with Crippen LogP contribution >= 0.6 is 0 Å². The maximum Gasteiger partial charge on any atom is 0.308 e. The molecule has 1 fully saturated rings. The average Bonchev–Trinajstić information content (AvgIpc) is 3.06. The van der Waals surface area contributed by atoms with Crippen molar-refractivity contribution in [3.63, 3.8) is 0 Å². The van der Waals surface area contributed by atoms with Crippen LogP contribution in [0, 0.1) is 0 Å². The van der Waals surface area contributed by atoms with Crippen molar-refractivity contribution < 1.29 is 19.1 Å². The quantitative estimate of drug-likeness (QED) is 0.612. The largest absolute Gasteiger partial charge is 0.427 e. The minimum atomic E-state index is -0.315. The summed E-state index contributed by atoms with van der Waals surface area (Å²) in [6.45, 7) is 2.80. The van der Waals surface area contributed by atoms with E-state index < -0.39 is 0 Å². The molecule has 4 nitrogen and oxygen atoms in total. The molecule has 25 heavy (non-hydrogen) atoms. The first kappa shape index (κ1) is 17.2. The Kier molecular flexibility index (Phi) is 4.88. The van der Waals surface area contributed by atoms with E-state index in [2.05, 4.69) is 0 Å². The van der Waals surface area contributed by atoms with E-state index in [0.29, 0.717) is 11.5 Å². The summed E-state index contributed by atoms with van der Waals surface area (Å²) in [4.78, 5) is 22.2. The summed E-state index contributed by atoms with van der Waals surface area (Å²) in [6, 6.07) is 15.6. The summed E-state index contributed by atoms with van der Waals surface area (Å²) in [5.74, 6) is 0.498. The van der Waals surface area contributed by atoms with Crippen LogP contribution in [0.5, 0.6) is 11.5 Å². The Morgan fingerprint density at radius 3 is 1.40 bits per heavy atom. The van der Waals surface area contributed by atoms with E-state index in [9.17, 15) is 9.59 Å². The highest BCUT2D eigenvalue weighted by Crippen LogP contribution is 2.47. The van der Waals surface area contributed by atoms with Crippen LogP contribution < -0.4 is 9.47 Å². The maximum atomic E-state index is 11.1. The van der Waals surface area contributed by atoms with Gasteiger partial charge in [0.2, 0.25) is 0 Å². The highest BCUT2D eigenvalue weighted by atomic mass is 16.5. The molecule has 0 heterocycles. The van der Waals surface area contributed by atoms with Crippen molar-refractivity contribution in [3.05, 3.63) is 59.7 Å². The Bertz CT molecular complexity index is 692. The molecule has 130 valence electrons. The Hall–Kier alpha value is -2.62. The van der Waals surface area contributed by atoms with Gasteiger partial charge in [-0.15, -0.1) is 0 Å². The Balaban J connectivity index is 1.91. The fourth-order valence-electron chi connectivity index (χ4n) is 3.74. The second-order valence-electron chi connectivity index (χ2n) is 6.53. The number of ether oxygens (including phenoxy) is 2. The van der Waals surface area contributed by atoms with Gasteiger partial charge in [0, 0.05) is 19.3 Å². The molecule has 0 saturated heterocycles. The van der Waals surface area contributed by atoms with Gasteiger partial charge in [-0.1, -0.05) is 37.1 Å². The monoisotopic (exact) mass is 338 g/mol. The molecule has 0 amide bonds. The van der Waals surface area contributed by atoms with Crippen molar-refractivity contribution in [2.24, 2.45) is 0 Å². The normalized spacial score (nSPS) is 15.6. The topological polar surface area (TPSA) is 52.6 Å². The van der Waals surface area contributed by atoms with Gasteiger partial charge in [-0.25, -0.2) is 0 Å². The third kappa shape index (κ3) is 3.73. The third-order valence-electron chi connectivity index (χ3n) is 4.79. The van der Waals surface area contributed by atoms with Crippen molar-refractivity contribution in [2.45, 2.75) is 44.9 Å². The zero-order valence-electron chi connectivity index (χ0n) is 14.6. The van der Waals surface area contributed by atoms with Gasteiger partial charge in [-0.05, 0) is 48.2 Å². The fraction of sp³-hybridized carbons (Fsp3) is 0.333. The molecule has 1 aliphatic carbocycles. The van der Waals surface area contributed by atoms with Crippen LogP contribution in [-0.2, 0) is 15.0 Å². The number of hydrogen-bond donors (Lipinski definition) is 0. The van der Waals surface area contributed by atoms with Gasteiger partial charge in [-0.3, -0.25) is 9.59 Å². The molecule has 0 atom stereocenters. The van der Waals surface area contributed by atoms with Crippen molar-refractivity contribution in [1.82, 2.24) is 0 Å². The van der Waals surface area contributed by atoms with Crippen molar-refractivity contribution in [2.75, 3.05) is 0 Å². The average molecular weight is 338 g/mol. The number of rotatable bonds is 4. The number of carbonyl (C=O) groups excluding carboxylic acids is 2. The Morgan fingerprint density at radius 2 is 1.08 bits per heavy atom. The number of benzene rings is 2. The molecule has 0 aliphatic heterocycles. The van der Waals surface area contributed by atoms with Crippen LogP contribution in [0.25, 0.3) is 0 Å². The Morgan fingerprint density at radius 1 is 0.720 bits per heavy atom. The smallest absolute Gasteiger partial charge is 0.308 e. The maximum absolute atomic E-state index is 11.1. The molecule has 0 radical (unpaired) electrons. The highest BCUT2D eigenvalue weighted by Gasteiger charge is 2.37. The first-order chi connectivity index (χ1) is 12.0. The molecule has 2 aromatic rings. The van der Waals surface area contributed by atoms with Crippen LogP contribution in [0.4, 0.5) is 0 Å². The highest BCUT2D eigenvalue weighted by molar-refractivity contribution is 5.69. The molecule has 0 bridgehead atoms. The number of carbonyl (C=O) groups is 2. The molecule has 0 aromatic heterocycles. The summed E-state index contributed by atoms with van der Waals surface area (Å²) in [7, 11) is 0. The molecule has 2 aromatic carbocycles. The van der Waals surface area contributed by atoms with Crippen LogP contribution in [0.1, 0.15) is 50.7 Å². The summed E-state index contributed by atoms with van der Waals surface area (Å²) < 4.78 is 10.3. The van der Waals surface area contributed by atoms with Crippen molar-refractivity contribution in [1.29, 1.82) is 0 Å². The molecule has 1 saturated carbocycles. The second-order valence-corrected chi connectivity index (χ2v) is 6.53. The molecular formula is C21H22O4. The minimum absolute atomic E-state index is 0.0382. The molecule has 0 unspecified atom stereocenters. The Labute approximate surface area is 147 Å². The van der Waals surface area contributed by atoms with E-state index in [-0.39, 0.29) is 17.4 Å². The summed E-state index contributed by atoms with van der Waals surface area (Å²) in [6.07, 6.45) is 4.51. The number of esters is 2. The van der Waals surface area contributed by atoms with Crippen LogP contribution in [0.2, 0.25) is 0 Å². The van der Waals surface area contributed by atoms with Gasteiger partial charge in [0.05, 0.1) is 0 Å². The minimum Gasteiger partial charge on any atom is -0.427 e. The second kappa shape index (κ2) is 7.09. The van der Waals surface area contributed by atoms with Crippen LogP contribution in [0.3, 0.4) is 0 Å². The van der Waals surface area contributed by atoms with Gasteiger partial charge in [0.1, 0.15) is 11.5 Å². The van der Waals surface area contributed by atoms with E-state index in [0.717, 1.165) is 12.8 Å². The lowest BCUT2D eigenvalue weighted by Crippen LogP contribution is -2.23. The predicted octanol–water partition coefficient (Wildman–Crippen LogP) is 4.40. The lowest BCUT2D eigenvalue weighted by atomic mass is 9.73. The number of hydrogen-bond acceptors (Lipinski definition) is 4. The summed E-state index contributed by atoms with van der Waals surface area (Å²) in [5, 5.41) is 0. The lowest BCUT2D eigenvalue weighted by molar-refractivity contribution is -0.132. The van der Waals surface area contributed by atoms with E-state index in [1.54, 1.807) is 0 Å². The SMILES string of the molecule is CC(=O)Oc1ccc(C2(c3ccc(OC(C)=O)cc3)CCCC2)cc1. The molecular weight excluding hydrogens is 316 g/mol. The van der Waals surface area contributed by atoms with E-state index in [4.69, 9.17) is 9.47 Å². The molecule has 1 aliphatic rings. The lowest BCUT2D eigenvalue weighted by Gasteiger charge is -2.30. The first-order valence-corrected chi connectivity index (χ1v) is 8.57. The first-order valence-electron chi connectivity index (χ1n) is 8.57. The standard InChI is InChI=1S/C21H22O4/c1-15(22)24-19-9-5-17(6-10-19)21(13-3-4-14-21)18-7-11-20(12-8-18)25-16(2)23/h5-12H,3-4,13-14H2,1-2H3. The van der Waals surface area contributed by atoms with Crippen LogP contribution in [-0.4, -0.2) is 11.9 Å². The molecule has 3 rings (SSSR count). The third-order valence-corrected chi connectivity index (χ3v) is 4.79. The van der Waals surface area contributed by atoms with Gasteiger partial charge in [0.15, 0.2) is 0 Å². The fourth-order valence-corrected chi connectivity index (χ4v) is 3.74. The summed E-state index contributed by atoms with van der Waals surface area (Å²) in [5.41, 5.74) is 2.41. The van der Waals surface area contributed by atoms with E-state index >= 15 is 0 Å². The van der Waals surface area contributed by atoms with Gasteiger partial charge in [0.25, 0.3) is 0 Å². The van der Waals surface area contributed by atoms with Gasteiger partial charge in [-0.2, -0.15) is 0 Å². The van der Waals surface area contributed by atoms with Crippen molar-refractivity contribution in [3.8, 4) is 11.5 Å². The predicted molar refractivity (Wildman–Crippen MR) is 94.8 cm³/mol. The zero-order valence-corrected chi connectivity index (χ0v) is 14.6. The van der Waals surface area contributed by atoms with Gasteiger partial charge < -0.3 is 9.47 Å². The van der Waals surface area contributed by atoms with Crippen LogP contribution in [0.15, 0.2) is 48.5 Å².